The Morgan fingerprint density at radius 1 is 1.10 bits per heavy atom. The highest BCUT2D eigenvalue weighted by atomic mass is 79.9. The molecule has 0 bridgehead atoms. The summed E-state index contributed by atoms with van der Waals surface area (Å²) in [4.78, 5) is 30.2. The first-order valence-corrected chi connectivity index (χ1v) is 15.5. The molecule has 216 valence electrons. The molecular formula is C26H30BrClN4O7S. The van der Waals surface area contributed by atoms with Crippen LogP contribution in [0.1, 0.15) is 12.8 Å². The number of nitrogens with zero attached hydrogens (tertiary/aromatic N) is 4. The quantitative estimate of drug-likeness (QED) is 0.363. The molecule has 0 N–H and O–H groups in total. The zero-order chi connectivity index (χ0) is 28.6. The number of hydrogen-bond acceptors (Lipinski definition) is 8. The standard InChI is InChI=1S/C26H30BrClN4O7S/c1-37-21-7-8-22(24(27)25(21)38-2)40(35,36)30-11-12-31(18(15-30)14-29-9-3-4-10-29)23(33)16-32-19-13-17(28)5-6-20(19)39-26(32)34/h5-8,13,18H,3-4,9-12,14-16H2,1-2H3/t18-/m0/s1. The highest BCUT2D eigenvalue weighted by Crippen LogP contribution is 2.40. The monoisotopic (exact) mass is 656 g/mol. The van der Waals surface area contributed by atoms with Crippen molar-refractivity contribution >= 4 is 54.6 Å². The molecule has 0 aliphatic carbocycles. The molecule has 2 fully saturated rings. The zero-order valence-electron chi connectivity index (χ0n) is 22.1. The summed E-state index contributed by atoms with van der Waals surface area (Å²) >= 11 is 9.51. The van der Waals surface area contributed by atoms with Gasteiger partial charge >= 0.3 is 5.76 Å². The molecule has 0 unspecified atom stereocenters. The Bertz CT molecular complexity index is 1590. The van der Waals surface area contributed by atoms with Crippen LogP contribution < -0.4 is 15.2 Å². The first-order chi connectivity index (χ1) is 19.1. The first-order valence-electron chi connectivity index (χ1n) is 12.9. The van der Waals surface area contributed by atoms with Gasteiger partial charge in [0.1, 0.15) is 11.4 Å². The Labute approximate surface area is 245 Å². The topological polar surface area (TPSA) is 115 Å². The fourth-order valence-corrected chi connectivity index (χ4v) is 8.21. The zero-order valence-corrected chi connectivity index (χ0v) is 25.3. The third-order valence-corrected chi connectivity index (χ3v) is 10.6. The van der Waals surface area contributed by atoms with Crippen LogP contribution in [0, 0.1) is 0 Å². The van der Waals surface area contributed by atoms with Crippen molar-refractivity contribution in [2.45, 2.75) is 30.3 Å². The third kappa shape index (κ3) is 5.49. The number of rotatable bonds is 8. The summed E-state index contributed by atoms with van der Waals surface area (Å²) in [5, 5.41) is 0.418. The van der Waals surface area contributed by atoms with Crippen molar-refractivity contribution in [1.82, 2.24) is 18.7 Å². The Kier molecular flexibility index (Phi) is 8.48. The predicted molar refractivity (Wildman–Crippen MR) is 153 cm³/mol. The lowest BCUT2D eigenvalue weighted by molar-refractivity contribution is -0.136. The van der Waals surface area contributed by atoms with Gasteiger partial charge in [-0.3, -0.25) is 9.36 Å². The minimum absolute atomic E-state index is 0.0538. The summed E-state index contributed by atoms with van der Waals surface area (Å²) in [6.07, 6.45) is 2.11. The Morgan fingerprint density at radius 2 is 1.85 bits per heavy atom. The largest absolute Gasteiger partial charge is 0.493 e. The van der Waals surface area contributed by atoms with Gasteiger partial charge in [-0.15, -0.1) is 0 Å². The van der Waals surface area contributed by atoms with Crippen LogP contribution in [0.3, 0.4) is 0 Å². The second kappa shape index (κ2) is 11.7. The molecule has 1 atom stereocenters. The number of carbonyl (C=O) groups is 1. The average Bonchev–Trinajstić information content (AvgIpc) is 3.55. The van der Waals surface area contributed by atoms with Crippen molar-refractivity contribution < 1.29 is 27.1 Å². The summed E-state index contributed by atoms with van der Waals surface area (Å²) in [6, 6.07) is 7.41. The highest BCUT2D eigenvalue weighted by molar-refractivity contribution is 9.10. The van der Waals surface area contributed by atoms with Crippen molar-refractivity contribution in [1.29, 1.82) is 0 Å². The molecule has 11 nitrogen and oxygen atoms in total. The van der Waals surface area contributed by atoms with E-state index in [1.54, 1.807) is 29.2 Å². The SMILES string of the molecule is COc1ccc(S(=O)(=O)N2CCN(C(=O)Cn3c(=O)oc4ccc(Cl)cc43)[C@@H](CN3CCCC3)C2)c(Br)c1OC. The number of amides is 1. The number of aromatic nitrogens is 1. The lowest BCUT2D eigenvalue weighted by atomic mass is 10.1. The fraction of sp³-hybridized carbons (Fsp3) is 0.462. The Balaban J connectivity index is 1.42. The number of methoxy groups -OCH3 is 2. The Morgan fingerprint density at radius 3 is 2.55 bits per heavy atom. The summed E-state index contributed by atoms with van der Waals surface area (Å²) in [7, 11) is -1.03. The molecule has 0 spiro atoms. The van der Waals surface area contributed by atoms with Crippen LogP contribution in [0.5, 0.6) is 11.5 Å². The van der Waals surface area contributed by atoms with Crippen molar-refractivity contribution in [3.63, 3.8) is 0 Å². The normalized spacial score (nSPS) is 18.9. The van der Waals surface area contributed by atoms with E-state index in [2.05, 4.69) is 20.8 Å². The van der Waals surface area contributed by atoms with Crippen LogP contribution in [0.2, 0.25) is 5.02 Å². The van der Waals surface area contributed by atoms with Crippen molar-refractivity contribution in [2.24, 2.45) is 0 Å². The van der Waals surface area contributed by atoms with Crippen LogP contribution in [-0.4, -0.2) is 92.5 Å². The second-order valence-corrected chi connectivity index (χ2v) is 12.9. The molecule has 0 radical (unpaired) electrons. The van der Waals surface area contributed by atoms with Gasteiger partial charge in [0.2, 0.25) is 15.9 Å². The van der Waals surface area contributed by atoms with E-state index in [0.717, 1.165) is 25.9 Å². The number of ether oxygens (including phenoxy) is 2. The van der Waals surface area contributed by atoms with E-state index in [9.17, 15) is 18.0 Å². The smallest absolute Gasteiger partial charge is 0.420 e. The van der Waals surface area contributed by atoms with Gasteiger partial charge in [0.15, 0.2) is 17.1 Å². The van der Waals surface area contributed by atoms with Crippen LogP contribution in [0.25, 0.3) is 11.1 Å². The molecule has 2 aliphatic rings. The van der Waals surface area contributed by atoms with Gasteiger partial charge in [0, 0.05) is 31.2 Å². The van der Waals surface area contributed by atoms with E-state index in [4.69, 9.17) is 25.5 Å². The average molecular weight is 658 g/mol. The van der Waals surface area contributed by atoms with Crippen molar-refractivity contribution in [3.8, 4) is 11.5 Å². The highest BCUT2D eigenvalue weighted by Gasteiger charge is 2.39. The number of sulfonamides is 1. The van der Waals surface area contributed by atoms with Crippen molar-refractivity contribution in [3.05, 3.63) is 50.4 Å². The van der Waals surface area contributed by atoms with Crippen LogP contribution >= 0.6 is 27.5 Å². The molecule has 2 saturated heterocycles. The molecule has 2 aromatic carbocycles. The summed E-state index contributed by atoms with van der Waals surface area (Å²) in [6.45, 7) is 2.44. The van der Waals surface area contributed by atoms with E-state index < -0.39 is 21.8 Å². The molecule has 40 heavy (non-hydrogen) atoms. The van der Waals surface area contributed by atoms with E-state index in [-0.39, 0.29) is 47.2 Å². The van der Waals surface area contributed by atoms with E-state index in [1.165, 1.54) is 29.2 Å². The fourth-order valence-electron chi connectivity index (χ4n) is 5.41. The minimum Gasteiger partial charge on any atom is -0.493 e. The minimum atomic E-state index is -3.95. The Hall–Kier alpha value is -2.58. The molecule has 1 aromatic heterocycles. The van der Waals surface area contributed by atoms with E-state index >= 15 is 0 Å². The maximum atomic E-state index is 13.8. The number of hydrogen-bond donors (Lipinski definition) is 0. The van der Waals surface area contributed by atoms with Crippen LogP contribution in [0.4, 0.5) is 0 Å². The van der Waals surface area contributed by atoms with Crippen molar-refractivity contribution in [2.75, 3.05) is 53.5 Å². The number of carbonyl (C=O) groups excluding carboxylic acids is 1. The number of benzene rings is 2. The maximum absolute atomic E-state index is 13.8. The van der Waals surface area contributed by atoms with Gasteiger partial charge in [-0.05, 0) is 72.2 Å². The van der Waals surface area contributed by atoms with Gasteiger partial charge < -0.3 is 23.7 Å². The molecule has 2 aliphatic heterocycles. The maximum Gasteiger partial charge on any atom is 0.420 e. The summed E-state index contributed by atoms with van der Waals surface area (Å²) < 4.78 is 46.6. The second-order valence-electron chi connectivity index (χ2n) is 9.79. The lowest BCUT2D eigenvalue weighted by Crippen LogP contribution is -2.60. The van der Waals surface area contributed by atoms with Crippen LogP contribution in [-0.2, 0) is 21.4 Å². The van der Waals surface area contributed by atoms with Gasteiger partial charge in [0.05, 0.1) is 30.3 Å². The molecule has 5 rings (SSSR count). The third-order valence-electron chi connectivity index (χ3n) is 7.42. The summed E-state index contributed by atoms with van der Waals surface area (Å²) in [5.41, 5.74) is 0.772. The number of oxazole rings is 1. The first kappa shape index (κ1) is 28.9. The predicted octanol–water partition coefficient (Wildman–Crippen LogP) is 3.03. The van der Waals surface area contributed by atoms with Gasteiger partial charge in [-0.25, -0.2) is 13.2 Å². The van der Waals surface area contributed by atoms with Gasteiger partial charge in [0.25, 0.3) is 0 Å². The molecule has 1 amide bonds. The molecule has 3 aromatic rings. The molecule has 0 saturated carbocycles. The van der Waals surface area contributed by atoms with Gasteiger partial charge in [-0.2, -0.15) is 4.31 Å². The van der Waals surface area contributed by atoms with Gasteiger partial charge in [-0.1, -0.05) is 11.6 Å². The lowest BCUT2D eigenvalue weighted by Gasteiger charge is -2.42. The van der Waals surface area contributed by atoms with E-state index in [1.807, 2.05) is 0 Å². The van der Waals surface area contributed by atoms with Crippen LogP contribution in [0.15, 0.2) is 48.9 Å². The number of fused-ring (bicyclic) bond motifs is 1. The number of likely N-dealkylation sites (tertiary alicyclic amines) is 1. The molecule has 14 heteroatoms. The summed E-state index contributed by atoms with van der Waals surface area (Å²) in [5.74, 6) is -0.262. The number of halogens is 2. The molecular weight excluding hydrogens is 628 g/mol. The number of piperazine rings is 1. The van der Waals surface area contributed by atoms with E-state index in [0.29, 0.717) is 28.4 Å². The molecule has 3 heterocycles.